The highest BCUT2D eigenvalue weighted by Gasteiger charge is 2.30. The molecule has 0 aliphatic rings. The van der Waals surface area contributed by atoms with Gasteiger partial charge in [-0.15, -0.1) is 6.58 Å². The molecule has 8 heteroatoms. The van der Waals surface area contributed by atoms with Crippen molar-refractivity contribution in [2.75, 3.05) is 43.9 Å². The van der Waals surface area contributed by atoms with Gasteiger partial charge in [-0.2, -0.15) is 13.2 Å². The third kappa shape index (κ3) is 7.38. The lowest BCUT2D eigenvalue weighted by molar-refractivity contribution is -0.137. The van der Waals surface area contributed by atoms with E-state index in [4.69, 9.17) is 0 Å². The molecular formula is C33H40F3N5. The van der Waals surface area contributed by atoms with E-state index >= 15 is 0 Å². The summed E-state index contributed by atoms with van der Waals surface area (Å²) in [5, 5.41) is 9.72. The lowest BCUT2D eigenvalue weighted by Gasteiger charge is -2.19. The molecule has 41 heavy (non-hydrogen) atoms. The Hall–Kier alpha value is -4.04. The van der Waals surface area contributed by atoms with Crippen LogP contribution in [0.2, 0.25) is 0 Å². The lowest BCUT2D eigenvalue weighted by atomic mass is 10.0. The number of allylic oxidation sites excluding steroid dienone is 1. The molecule has 0 fully saturated rings. The van der Waals surface area contributed by atoms with E-state index in [-0.39, 0.29) is 0 Å². The molecule has 3 aromatic carbocycles. The largest absolute Gasteiger partial charge is 0.416 e. The number of nitrogens with zero attached hydrogens (tertiary/aromatic N) is 3. The topological polar surface area (TPSA) is 44.6 Å². The molecule has 0 spiro atoms. The molecule has 2 aromatic heterocycles. The van der Waals surface area contributed by atoms with Crippen molar-refractivity contribution in [2.45, 2.75) is 33.9 Å². The van der Waals surface area contributed by atoms with Crippen LogP contribution < -0.4 is 15.9 Å². The predicted octanol–water partition coefficient (Wildman–Crippen LogP) is 7.77. The molecule has 0 saturated carbocycles. The summed E-state index contributed by atoms with van der Waals surface area (Å²) in [4.78, 5) is 7.03. The minimum atomic E-state index is -4.26. The summed E-state index contributed by atoms with van der Waals surface area (Å²) in [7, 11) is 1.58. The second-order valence-electron chi connectivity index (χ2n) is 9.66. The van der Waals surface area contributed by atoms with Crippen molar-refractivity contribution >= 4 is 45.3 Å². The predicted molar refractivity (Wildman–Crippen MR) is 169 cm³/mol. The van der Waals surface area contributed by atoms with E-state index in [1.165, 1.54) is 22.4 Å². The van der Waals surface area contributed by atoms with Crippen LogP contribution >= 0.6 is 0 Å². The van der Waals surface area contributed by atoms with E-state index < -0.39 is 11.7 Å². The molecule has 0 unspecified atom stereocenters. The minimum Gasteiger partial charge on any atom is -0.388 e. The highest BCUT2D eigenvalue weighted by atomic mass is 19.4. The van der Waals surface area contributed by atoms with Crippen LogP contribution in [0.4, 0.5) is 24.5 Å². The zero-order valence-electron chi connectivity index (χ0n) is 24.6. The highest BCUT2D eigenvalue weighted by molar-refractivity contribution is 6.07. The van der Waals surface area contributed by atoms with Gasteiger partial charge in [-0.1, -0.05) is 44.2 Å². The van der Waals surface area contributed by atoms with Gasteiger partial charge >= 0.3 is 6.18 Å². The van der Waals surface area contributed by atoms with Crippen molar-refractivity contribution in [1.82, 2.24) is 14.3 Å². The van der Waals surface area contributed by atoms with E-state index in [0.717, 1.165) is 65.8 Å². The fraction of sp³-hybridized carbons (Fsp3) is 0.303. The van der Waals surface area contributed by atoms with Crippen LogP contribution in [0.15, 0.2) is 73.6 Å². The summed E-state index contributed by atoms with van der Waals surface area (Å²) >= 11 is 0. The van der Waals surface area contributed by atoms with Gasteiger partial charge in [-0.05, 0) is 74.6 Å². The molecule has 2 heterocycles. The molecule has 0 aliphatic heterocycles. The van der Waals surface area contributed by atoms with Crippen LogP contribution in [-0.2, 0) is 6.18 Å². The van der Waals surface area contributed by atoms with Crippen LogP contribution in [0.3, 0.4) is 0 Å². The average molecular weight is 564 g/mol. The number of aryl methyl sites for hydroxylation is 1. The zero-order chi connectivity index (χ0) is 30.2. The van der Waals surface area contributed by atoms with Gasteiger partial charge in [0.05, 0.1) is 22.1 Å². The lowest BCUT2D eigenvalue weighted by Crippen LogP contribution is -2.28. The SMILES string of the molecule is C=CC.C=c1c2cc(C)ccc2n2cnc3ccc(NCCN(CC)CC)c1c32.CNc1cccc(C(F)(F)F)c1. The van der Waals surface area contributed by atoms with Crippen molar-refractivity contribution in [3.63, 3.8) is 0 Å². The fourth-order valence-corrected chi connectivity index (χ4v) is 4.72. The first-order valence-electron chi connectivity index (χ1n) is 13.8. The maximum absolute atomic E-state index is 12.1. The highest BCUT2D eigenvalue weighted by Crippen LogP contribution is 2.31. The van der Waals surface area contributed by atoms with Gasteiger partial charge in [0.2, 0.25) is 0 Å². The monoisotopic (exact) mass is 563 g/mol. The summed E-state index contributed by atoms with van der Waals surface area (Å²) in [5.74, 6) is 0. The molecular weight excluding hydrogens is 523 g/mol. The summed E-state index contributed by atoms with van der Waals surface area (Å²) in [6.07, 6.45) is -0.582. The number of nitrogens with one attached hydrogen (secondary N) is 2. The normalized spacial score (nSPS) is 11.2. The first-order valence-corrected chi connectivity index (χ1v) is 13.8. The Morgan fingerprint density at radius 1 is 1.05 bits per heavy atom. The molecule has 5 aromatic rings. The van der Waals surface area contributed by atoms with Gasteiger partial charge in [0.15, 0.2) is 0 Å². The van der Waals surface area contributed by atoms with Crippen LogP contribution in [0.1, 0.15) is 31.9 Å². The van der Waals surface area contributed by atoms with E-state index in [1.54, 1.807) is 19.2 Å². The molecule has 0 bridgehead atoms. The number of alkyl halides is 3. The van der Waals surface area contributed by atoms with Gasteiger partial charge in [0, 0.05) is 42.3 Å². The van der Waals surface area contributed by atoms with Crippen molar-refractivity contribution in [1.29, 1.82) is 0 Å². The molecule has 0 saturated heterocycles. The summed E-state index contributed by atoms with van der Waals surface area (Å²) in [6, 6.07) is 15.8. The second-order valence-corrected chi connectivity index (χ2v) is 9.66. The number of aromatic nitrogens is 2. The summed E-state index contributed by atoms with van der Waals surface area (Å²) in [5.41, 5.74) is 5.55. The third-order valence-electron chi connectivity index (χ3n) is 6.86. The Morgan fingerprint density at radius 3 is 2.39 bits per heavy atom. The Bertz CT molecular complexity index is 1630. The first-order chi connectivity index (χ1) is 19.6. The fourth-order valence-electron chi connectivity index (χ4n) is 4.72. The van der Waals surface area contributed by atoms with Crippen molar-refractivity contribution in [2.24, 2.45) is 0 Å². The van der Waals surface area contributed by atoms with Gasteiger partial charge in [-0.3, -0.25) is 4.40 Å². The molecule has 2 N–H and O–H groups in total. The maximum atomic E-state index is 12.1. The van der Waals surface area contributed by atoms with Crippen molar-refractivity contribution in [3.8, 4) is 0 Å². The van der Waals surface area contributed by atoms with Crippen LogP contribution in [0.25, 0.3) is 33.9 Å². The number of imidazole rings is 1. The smallest absolute Gasteiger partial charge is 0.388 e. The van der Waals surface area contributed by atoms with E-state index in [0.29, 0.717) is 5.69 Å². The maximum Gasteiger partial charge on any atom is 0.416 e. The number of halogens is 3. The quantitative estimate of drug-likeness (QED) is 0.157. The first kappa shape index (κ1) is 31.5. The second kappa shape index (κ2) is 14.0. The molecule has 5 nitrogen and oxygen atoms in total. The van der Waals surface area contributed by atoms with Gasteiger partial charge in [0.25, 0.3) is 0 Å². The Labute approximate surface area is 240 Å². The minimum absolute atomic E-state index is 0.463. The van der Waals surface area contributed by atoms with Crippen molar-refractivity contribution < 1.29 is 13.2 Å². The molecule has 0 amide bonds. The van der Waals surface area contributed by atoms with Gasteiger partial charge in [0.1, 0.15) is 6.33 Å². The van der Waals surface area contributed by atoms with Gasteiger partial charge < -0.3 is 15.5 Å². The molecule has 0 atom stereocenters. The van der Waals surface area contributed by atoms with E-state index in [1.807, 2.05) is 13.3 Å². The molecule has 0 radical (unpaired) electrons. The van der Waals surface area contributed by atoms with Crippen LogP contribution in [0, 0.1) is 6.92 Å². The molecule has 5 rings (SSSR count). The Morgan fingerprint density at radius 2 is 1.76 bits per heavy atom. The van der Waals surface area contributed by atoms with E-state index in [2.05, 4.69) is 89.2 Å². The summed E-state index contributed by atoms with van der Waals surface area (Å²) in [6.45, 7) is 20.3. The Kier molecular flexibility index (Phi) is 10.8. The number of likely N-dealkylation sites (N-methyl/N-ethyl adjacent to an activating group) is 1. The standard InChI is InChI=1S/C22H26N4.C8H8F3N.C3H6/c1-5-25(6-2)12-11-23-18-8-9-19-22-21(18)16(4)17-13-15(3)7-10-20(17)26(22)14-24-19;1-12-7-4-2-3-6(5-7)8(9,10)11;1-3-2/h7-10,13-14,23H,4-6,11-12H2,1-3H3;2-5,12H,1H3;3H,1H2,2H3. The third-order valence-corrected chi connectivity index (χ3v) is 6.86. The average Bonchev–Trinajstić information content (AvgIpc) is 3.39. The van der Waals surface area contributed by atoms with Crippen molar-refractivity contribution in [3.05, 3.63) is 89.9 Å². The van der Waals surface area contributed by atoms with Crippen LogP contribution in [0.5, 0.6) is 0 Å². The zero-order valence-corrected chi connectivity index (χ0v) is 24.6. The number of benzene rings is 3. The molecule has 0 aliphatic carbocycles. The number of hydrogen-bond donors (Lipinski definition) is 2. The van der Waals surface area contributed by atoms with E-state index in [9.17, 15) is 13.2 Å². The van der Waals surface area contributed by atoms with Gasteiger partial charge in [-0.25, -0.2) is 4.98 Å². The van der Waals surface area contributed by atoms with Crippen LogP contribution in [-0.4, -0.2) is 47.5 Å². The number of fused-ring (bicyclic) bond motifs is 2. The number of anilines is 2. The Balaban J connectivity index is 0.000000258. The number of pyridine rings is 1. The summed E-state index contributed by atoms with van der Waals surface area (Å²) < 4.78 is 38.4. The molecule has 218 valence electrons. The number of hydrogen-bond acceptors (Lipinski definition) is 4. The number of rotatable bonds is 7.